The van der Waals surface area contributed by atoms with Gasteiger partial charge in [-0.1, -0.05) is 12.8 Å². The maximum absolute atomic E-state index is 11.6. The molecule has 0 atom stereocenters. The number of nitrogens with zero attached hydrogens (tertiary/aromatic N) is 2. The van der Waals surface area contributed by atoms with E-state index in [0.29, 0.717) is 5.69 Å². The summed E-state index contributed by atoms with van der Waals surface area (Å²) >= 11 is 0. The predicted octanol–water partition coefficient (Wildman–Crippen LogP) is 1.02. The lowest BCUT2D eigenvalue weighted by Crippen LogP contribution is -2.29. The number of carbonyl (C=O) groups excluding carboxylic acids is 1. The molecule has 0 aliphatic heterocycles. The van der Waals surface area contributed by atoms with Crippen LogP contribution in [-0.2, 0) is 11.9 Å². The van der Waals surface area contributed by atoms with Gasteiger partial charge in [-0.25, -0.2) is 5.48 Å². The molecule has 1 aliphatic carbocycles. The van der Waals surface area contributed by atoms with Gasteiger partial charge in [0.1, 0.15) is 5.69 Å². The first-order chi connectivity index (χ1) is 7.27. The van der Waals surface area contributed by atoms with Crippen LogP contribution >= 0.6 is 0 Å². The third-order valence-corrected chi connectivity index (χ3v) is 2.67. The molecule has 0 aromatic carbocycles. The molecule has 1 heterocycles. The van der Waals surface area contributed by atoms with Crippen LogP contribution in [0, 0.1) is 0 Å². The van der Waals surface area contributed by atoms with Crippen molar-refractivity contribution in [3.8, 4) is 0 Å². The average molecular weight is 209 g/mol. The van der Waals surface area contributed by atoms with E-state index in [9.17, 15) is 4.79 Å². The molecule has 15 heavy (non-hydrogen) atoms. The van der Waals surface area contributed by atoms with Gasteiger partial charge in [-0.05, 0) is 18.9 Å². The first-order valence-electron chi connectivity index (χ1n) is 5.21. The van der Waals surface area contributed by atoms with Gasteiger partial charge in [-0.15, -0.1) is 0 Å². The van der Waals surface area contributed by atoms with E-state index < -0.39 is 0 Å². The van der Waals surface area contributed by atoms with Gasteiger partial charge in [-0.3, -0.25) is 14.3 Å². The molecule has 1 N–H and O–H groups in total. The number of hydrogen-bond acceptors (Lipinski definition) is 3. The van der Waals surface area contributed by atoms with Crippen molar-refractivity contribution in [3.05, 3.63) is 18.0 Å². The summed E-state index contributed by atoms with van der Waals surface area (Å²) < 4.78 is 1.52. The van der Waals surface area contributed by atoms with E-state index in [4.69, 9.17) is 4.84 Å². The van der Waals surface area contributed by atoms with Crippen molar-refractivity contribution >= 4 is 5.91 Å². The van der Waals surface area contributed by atoms with Crippen LogP contribution < -0.4 is 5.48 Å². The Morgan fingerprint density at radius 3 is 2.93 bits per heavy atom. The number of nitrogens with one attached hydrogen (secondary N) is 1. The Kier molecular flexibility index (Phi) is 3.01. The maximum atomic E-state index is 11.6. The highest BCUT2D eigenvalue weighted by Crippen LogP contribution is 2.19. The SMILES string of the molecule is Cn1nccc1C(=O)NOC1CCCC1. The molecule has 1 saturated carbocycles. The van der Waals surface area contributed by atoms with Gasteiger partial charge in [0.25, 0.3) is 5.91 Å². The van der Waals surface area contributed by atoms with Gasteiger partial charge in [-0.2, -0.15) is 5.10 Å². The van der Waals surface area contributed by atoms with E-state index >= 15 is 0 Å². The second-order valence-corrected chi connectivity index (χ2v) is 3.80. The first kappa shape index (κ1) is 10.2. The third kappa shape index (κ3) is 2.36. The molecule has 0 bridgehead atoms. The van der Waals surface area contributed by atoms with Gasteiger partial charge in [0.15, 0.2) is 0 Å². The summed E-state index contributed by atoms with van der Waals surface area (Å²) in [6.07, 6.45) is 6.21. The van der Waals surface area contributed by atoms with Crippen molar-refractivity contribution in [2.24, 2.45) is 7.05 Å². The minimum atomic E-state index is -0.234. The van der Waals surface area contributed by atoms with E-state index in [1.807, 2.05) is 0 Å². The smallest absolute Gasteiger partial charge is 0.270 e. The molecule has 0 saturated heterocycles. The van der Waals surface area contributed by atoms with Crippen LogP contribution in [0.25, 0.3) is 0 Å². The first-order valence-corrected chi connectivity index (χ1v) is 5.21. The number of rotatable bonds is 3. The molecule has 5 nitrogen and oxygen atoms in total. The molecule has 1 aromatic rings. The van der Waals surface area contributed by atoms with Crippen molar-refractivity contribution in [2.45, 2.75) is 31.8 Å². The Bertz CT molecular complexity index is 342. The molecule has 2 rings (SSSR count). The topological polar surface area (TPSA) is 56.2 Å². The lowest BCUT2D eigenvalue weighted by molar-refractivity contribution is -0.0130. The Morgan fingerprint density at radius 2 is 2.33 bits per heavy atom. The minimum Gasteiger partial charge on any atom is -0.270 e. The largest absolute Gasteiger partial charge is 0.293 e. The fourth-order valence-electron chi connectivity index (χ4n) is 1.79. The molecule has 0 spiro atoms. The third-order valence-electron chi connectivity index (χ3n) is 2.67. The van der Waals surface area contributed by atoms with Crippen LogP contribution in [0.3, 0.4) is 0 Å². The second kappa shape index (κ2) is 4.44. The maximum Gasteiger partial charge on any atom is 0.293 e. The van der Waals surface area contributed by atoms with Gasteiger partial charge in [0.2, 0.25) is 0 Å². The van der Waals surface area contributed by atoms with Crippen LogP contribution in [0.2, 0.25) is 0 Å². The van der Waals surface area contributed by atoms with Gasteiger partial charge < -0.3 is 0 Å². The summed E-state index contributed by atoms with van der Waals surface area (Å²) in [5, 5.41) is 3.92. The Labute approximate surface area is 88.4 Å². The molecule has 0 radical (unpaired) electrons. The zero-order chi connectivity index (χ0) is 10.7. The zero-order valence-electron chi connectivity index (χ0n) is 8.77. The summed E-state index contributed by atoms with van der Waals surface area (Å²) in [7, 11) is 1.73. The normalized spacial score (nSPS) is 16.9. The highest BCUT2D eigenvalue weighted by Gasteiger charge is 2.18. The van der Waals surface area contributed by atoms with E-state index in [0.717, 1.165) is 12.8 Å². The Morgan fingerprint density at radius 1 is 1.60 bits per heavy atom. The number of aryl methyl sites for hydroxylation is 1. The van der Waals surface area contributed by atoms with Crippen LogP contribution in [0.1, 0.15) is 36.2 Å². The standard InChI is InChI=1S/C10H15N3O2/c1-13-9(6-7-11-13)10(14)12-15-8-4-2-3-5-8/h6-8H,2-5H2,1H3,(H,12,14). The van der Waals surface area contributed by atoms with Crippen LogP contribution in [0.5, 0.6) is 0 Å². The summed E-state index contributed by atoms with van der Waals surface area (Å²) in [5.41, 5.74) is 2.98. The molecule has 1 fully saturated rings. The minimum absolute atomic E-state index is 0.183. The molecule has 82 valence electrons. The summed E-state index contributed by atoms with van der Waals surface area (Å²) in [5.74, 6) is -0.234. The fourth-order valence-corrected chi connectivity index (χ4v) is 1.79. The molecule has 0 unspecified atom stereocenters. The van der Waals surface area contributed by atoms with Crippen LogP contribution in [0.4, 0.5) is 0 Å². The number of carbonyl (C=O) groups is 1. The van der Waals surface area contributed by atoms with Crippen molar-refractivity contribution in [1.29, 1.82) is 0 Å². The average Bonchev–Trinajstić information content (AvgIpc) is 2.84. The predicted molar refractivity (Wildman–Crippen MR) is 54.0 cm³/mol. The Balaban J connectivity index is 1.84. The zero-order valence-corrected chi connectivity index (χ0v) is 8.77. The van der Waals surface area contributed by atoms with Crippen LogP contribution in [0.15, 0.2) is 12.3 Å². The number of amides is 1. The highest BCUT2D eigenvalue weighted by atomic mass is 16.7. The van der Waals surface area contributed by atoms with E-state index in [2.05, 4.69) is 10.6 Å². The molecule has 1 aliphatic rings. The van der Waals surface area contributed by atoms with Crippen molar-refractivity contribution in [1.82, 2.24) is 15.3 Å². The van der Waals surface area contributed by atoms with E-state index in [-0.39, 0.29) is 12.0 Å². The van der Waals surface area contributed by atoms with E-state index in [1.54, 1.807) is 19.3 Å². The lowest BCUT2D eigenvalue weighted by atomic mass is 10.3. The van der Waals surface area contributed by atoms with Gasteiger partial charge >= 0.3 is 0 Å². The molecular weight excluding hydrogens is 194 g/mol. The fraction of sp³-hybridized carbons (Fsp3) is 0.600. The van der Waals surface area contributed by atoms with Crippen LogP contribution in [-0.4, -0.2) is 21.8 Å². The van der Waals surface area contributed by atoms with Crippen molar-refractivity contribution in [3.63, 3.8) is 0 Å². The number of hydroxylamine groups is 1. The molecule has 1 amide bonds. The monoisotopic (exact) mass is 209 g/mol. The molecule has 1 aromatic heterocycles. The quantitative estimate of drug-likeness (QED) is 0.756. The second-order valence-electron chi connectivity index (χ2n) is 3.80. The highest BCUT2D eigenvalue weighted by molar-refractivity contribution is 5.91. The summed E-state index contributed by atoms with van der Waals surface area (Å²) in [6, 6.07) is 1.66. The van der Waals surface area contributed by atoms with E-state index in [1.165, 1.54) is 17.5 Å². The molecule has 5 heteroatoms. The van der Waals surface area contributed by atoms with Gasteiger partial charge in [0.05, 0.1) is 6.10 Å². The lowest BCUT2D eigenvalue weighted by Gasteiger charge is -2.11. The molecular formula is C10H15N3O2. The van der Waals surface area contributed by atoms with Gasteiger partial charge in [0, 0.05) is 13.2 Å². The summed E-state index contributed by atoms with van der Waals surface area (Å²) in [4.78, 5) is 16.9. The summed E-state index contributed by atoms with van der Waals surface area (Å²) in [6.45, 7) is 0. The number of aromatic nitrogens is 2. The Hall–Kier alpha value is -1.36. The number of hydrogen-bond donors (Lipinski definition) is 1. The van der Waals surface area contributed by atoms with Crippen molar-refractivity contribution in [2.75, 3.05) is 0 Å². The van der Waals surface area contributed by atoms with Crippen molar-refractivity contribution < 1.29 is 9.63 Å².